The van der Waals surface area contributed by atoms with Crippen LogP contribution in [0.4, 0.5) is 0 Å². The molecule has 4 rings (SSSR count). The van der Waals surface area contributed by atoms with Crippen LogP contribution in [0, 0.1) is 0 Å². The Morgan fingerprint density at radius 2 is 1.84 bits per heavy atom. The third kappa shape index (κ3) is 5.29. The van der Waals surface area contributed by atoms with Crippen LogP contribution in [0.1, 0.15) is 30.1 Å². The van der Waals surface area contributed by atoms with Crippen LogP contribution in [0.15, 0.2) is 53.9 Å². The number of benzene rings is 2. The summed E-state index contributed by atoms with van der Waals surface area (Å²) in [6.45, 7) is 2.77. The number of likely N-dealkylation sites (tertiary alicyclic amines) is 1. The Hall–Kier alpha value is -2.90. The monoisotopic (exact) mass is 451 g/mol. The number of methoxy groups -OCH3 is 2. The normalized spacial score (nSPS) is 14.8. The minimum Gasteiger partial charge on any atom is -0.493 e. The SMILES string of the molecule is COc1ccc(-c2nc(CC(=O)NCC(c3ccccc3)N3CCCC3)cs2)cc1OC. The lowest BCUT2D eigenvalue weighted by Crippen LogP contribution is -2.37. The second kappa shape index (κ2) is 10.6. The Morgan fingerprint density at radius 3 is 2.56 bits per heavy atom. The van der Waals surface area contributed by atoms with Gasteiger partial charge in [-0.05, 0) is 49.7 Å². The van der Waals surface area contributed by atoms with Crippen LogP contribution in [-0.2, 0) is 11.2 Å². The smallest absolute Gasteiger partial charge is 0.226 e. The average Bonchev–Trinajstić information content (AvgIpc) is 3.52. The molecule has 0 spiro atoms. The molecule has 0 bridgehead atoms. The molecule has 1 aromatic heterocycles. The Morgan fingerprint density at radius 1 is 1.09 bits per heavy atom. The van der Waals surface area contributed by atoms with Gasteiger partial charge in [0.2, 0.25) is 5.91 Å². The summed E-state index contributed by atoms with van der Waals surface area (Å²) in [5.74, 6) is 1.33. The van der Waals surface area contributed by atoms with E-state index in [1.54, 1.807) is 14.2 Å². The van der Waals surface area contributed by atoms with Crippen molar-refractivity contribution in [3.63, 3.8) is 0 Å². The number of hydrogen-bond acceptors (Lipinski definition) is 6. The van der Waals surface area contributed by atoms with Gasteiger partial charge in [0.25, 0.3) is 0 Å². The van der Waals surface area contributed by atoms with Gasteiger partial charge in [-0.25, -0.2) is 4.98 Å². The minimum atomic E-state index is -0.00529. The molecule has 7 heteroatoms. The predicted molar refractivity (Wildman–Crippen MR) is 127 cm³/mol. The summed E-state index contributed by atoms with van der Waals surface area (Å²) in [6.07, 6.45) is 2.70. The number of thiazole rings is 1. The largest absolute Gasteiger partial charge is 0.493 e. The summed E-state index contributed by atoms with van der Waals surface area (Å²) in [6, 6.07) is 16.4. The Kier molecular flexibility index (Phi) is 7.39. The number of nitrogens with zero attached hydrogens (tertiary/aromatic N) is 2. The molecule has 0 saturated carbocycles. The van der Waals surface area contributed by atoms with Crippen molar-refractivity contribution >= 4 is 17.2 Å². The summed E-state index contributed by atoms with van der Waals surface area (Å²) in [7, 11) is 3.23. The van der Waals surface area contributed by atoms with E-state index in [1.807, 2.05) is 29.6 Å². The lowest BCUT2D eigenvalue weighted by Gasteiger charge is -2.28. The molecule has 1 N–H and O–H groups in total. The zero-order valence-electron chi connectivity index (χ0n) is 18.5. The van der Waals surface area contributed by atoms with E-state index in [0.717, 1.165) is 29.4 Å². The molecule has 1 fully saturated rings. The van der Waals surface area contributed by atoms with Gasteiger partial charge in [-0.3, -0.25) is 9.69 Å². The van der Waals surface area contributed by atoms with Crippen molar-refractivity contribution in [3.05, 3.63) is 65.2 Å². The highest BCUT2D eigenvalue weighted by atomic mass is 32.1. The third-order valence-corrected chi connectivity index (χ3v) is 6.72. The Bertz CT molecular complexity index is 1030. The van der Waals surface area contributed by atoms with Gasteiger partial charge in [0.1, 0.15) is 5.01 Å². The summed E-state index contributed by atoms with van der Waals surface area (Å²) < 4.78 is 10.7. The van der Waals surface area contributed by atoms with Gasteiger partial charge in [-0.1, -0.05) is 30.3 Å². The third-order valence-electron chi connectivity index (χ3n) is 5.78. The van der Waals surface area contributed by atoms with Crippen LogP contribution in [0.2, 0.25) is 0 Å². The van der Waals surface area contributed by atoms with E-state index in [9.17, 15) is 4.79 Å². The fourth-order valence-corrected chi connectivity index (χ4v) is 4.93. The molecule has 2 aromatic carbocycles. The summed E-state index contributed by atoms with van der Waals surface area (Å²) in [5.41, 5.74) is 2.96. The fraction of sp³-hybridized carbons (Fsp3) is 0.360. The lowest BCUT2D eigenvalue weighted by atomic mass is 10.1. The van der Waals surface area contributed by atoms with E-state index in [0.29, 0.717) is 18.0 Å². The summed E-state index contributed by atoms with van der Waals surface area (Å²) in [5, 5.41) is 5.94. The highest BCUT2D eigenvalue weighted by Crippen LogP contribution is 2.33. The highest BCUT2D eigenvalue weighted by molar-refractivity contribution is 7.13. The molecule has 168 valence electrons. The molecule has 6 nitrogen and oxygen atoms in total. The van der Waals surface area contributed by atoms with E-state index in [4.69, 9.17) is 9.47 Å². The number of nitrogens with one attached hydrogen (secondary N) is 1. The van der Waals surface area contributed by atoms with Crippen molar-refractivity contribution in [2.24, 2.45) is 0 Å². The quantitative estimate of drug-likeness (QED) is 0.525. The van der Waals surface area contributed by atoms with Crippen molar-refractivity contribution in [1.82, 2.24) is 15.2 Å². The maximum absolute atomic E-state index is 12.7. The van der Waals surface area contributed by atoms with Crippen molar-refractivity contribution in [2.45, 2.75) is 25.3 Å². The van der Waals surface area contributed by atoms with Crippen LogP contribution < -0.4 is 14.8 Å². The first-order chi connectivity index (χ1) is 15.7. The summed E-state index contributed by atoms with van der Waals surface area (Å²) in [4.78, 5) is 19.8. The maximum atomic E-state index is 12.7. The first-order valence-corrected chi connectivity index (χ1v) is 11.8. The van der Waals surface area contributed by atoms with Crippen LogP contribution in [0.3, 0.4) is 0 Å². The topological polar surface area (TPSA) is 63.7 Å². The van der Waals surface area contributed by atoms with Crippen LogP contribution in [0.5, 0.6) is 11.5 Å². The predicted octanol–water partition coefficient (Wildman–Crippen LogP) is 4.32. The van der Waals surface area contributed by atoms with Gasteiger partial charge in [0, 0.05) is 17.5 Å². The molecule has 1 amide bonds. The molecule has 0 radical (unpaired) electrons. The molecular formula is C25H29N3O3S. The van der Waals surface area contributed by atoms with E-state index in [1.165, 1.54) is 29.7 Å². The molecular weight excluding hydrogens is 422 g/mol. The zero-order chi connectivity index (χ0) is 22.3. The number of hydrogen-bond donors (Lipinski definition) is 1. The van der Waals surface area contributed by atoms with Gasteiger partial charge in [0.05, 0.1) is 32.4 Å². The highest BCUT2D eigenvalue weighted by Gasteiger charge is 2.24. The molecule has 2 heterocycles. The van der Waals surface area contributed by atoms with Gasteiger partial charge < -0.3 is 14.8 Å². The molecule has 32 heavy (non-hydrogen) atoms. The second-order valence-electron chi connectivity index (χ2n) is 7.86. The second-order valence-corrected chi connectivity index (χ2v) is 8.72. The number of aromatic nitrogens is 1. The van der Waals surface area contributed by atoms with E-state index in [-0.39, 0.29) is 18.4 Å². The molecule has 1 unspecified atom stereocenters. The number of carbonyl (C=O) groups is 1. The van der Waals surface area contributed by atoms with Crippen molar-refractivity contribution in [3.8, 4) is 22.1 Å². The van der Waals surface area contributed by atoms with Crippen LogP contribution >= 0.6 is 11.3 Å². The van der Waals surface area contributed by atoms with Crippen molar-refractivity contribution in [2.75, 3.05) is 33.9 Å². The minimum absolute atomic E-state index is 0.00529. The number of amides is 1. The molecule has 1 atom stereocenters. The number of rotatable bonds is 9. The molecule has 1 saturated heterocycles. The maximum Gasteiger partial charge on any atom is 0.226 e. The van der Waals surface area contributed by atoms with Crippen molar-refractivity contribution in [1.29, 1.82) is 0 Å². The molecule has 3 aromatic rings. The fourth-order valence-electron chi connectivity index (χ4n) is 4.11. The standard InChI is InChI=1S/C25H29N3O3S/c1-30-22-11-10-19(14-23(22)31-2)25-27-20(17-32-25)15-24(29)26-16-21(28-12-6-7-13-28)18-8-4-3-5-9-18/h3-5,8-11,14,17,21H,6-7,12-13,15-16H2,1-2H3,(H,26,29). The van der Waals surface area contributed by atoms with Gasteiger partial charge in [0.15, 0.2) is 11.5 Å². The Labute approximate surface area is 193 Å². The van der Waals surface area contributed by atoms with Crippen LogP contribution in [-0.4, -0.2) is 49.6 Å². The van der Waals surface area contributed by atoms with Crippen molar-refractivity contribution < 1.29 is 14.3 Å². The van der Waals surface area contributed by atoms with E-state index >= 15 is 0 Å². The lowest BCUT2D eigenvalue weighted by molar-refractivity contribution is -0.120. The first kappa shape index (κ1) is 22.3. The molecule has 1 aliphatic rings. The Balaban J connectivity index is 1.38. The van der Waals surface area contributed by atoms with E-state index in [2.05, 4.69) is 39.5 Å². The van der Waals surface area contributed by atoms with E-state index < -0.39 is 0 Å². The van der Waals surface area contributed by atoms with Gasteiger partial charge in [-0.15, -0.1) is 11.3 Å². The summed E-state index contributed by atoms with van der Waals surface area (Å²) >= 11 is 1.52. The van der Waals surface area contributed by atoms with Gasteiger partial charge in [-0.2, -0.15) is 0 Å². The zero-order valence-corrected chi connectivity index (χ0v) is 19.4. The molecule has 0 aliphatic carbocycles. The first-order valence-electron chi connectivity index (χ1n) is 10.9. The molecule has 1 aliphatic heterocycles. The average molecular weight is 452 g/mol. The number of ether oxygens (including phenoxy) is 2. The number of carbonyl (C=O) groups excluding carboxylic acids is 1. The van der Waals surface area contributed by atoms with Gasteiger partial charge >= 0.3 is 0 Å². The van der Waals surface area contributed by atoms with Crippen LogP contribution in [0.25, 0.3) is 10.6 Å².